The van der Waals surface area contributed by atoms with Gasteiger partial charge in [-0.05, 0) is 28.1 Å². The van der Waals surface area contributed by atoms with Gasteiger partial charge >= 0.3 is 0 Å². The predicted octanol–water partition coefficient (Wildman–Crippen LogP) is 2.52. The highest BCUT2D eigenvalue weighted by atomic mass is 79.9. The van der Waals surface area contributed by atoms with Gasteiger partial charge in [0.15, 0.2) is 0 Å². The number of aliphatic hydroxyl groups is 2. The molecule has 2 atom stereocenters. The molecule has 0 spiro atoms. The molecule has 2 N–H and O–H groups in total. The third-order valence-electron chi connectivity index (χ3n) is 1.90. The lowest BCUT2D eigenvalue weighted by Gasteiger charge is -2.17. The number of aliphatic hydroxyl groups excluding tert-OH is 2. The molecule has 6 heteroatoms. The molecule has 2 unspecified atom stereocenters. The molecule has 1 rings (SSSR count). The molecule has 0 aromatic heterocycles. The lowest BCUT2D eigenvalue weighted by atomic mass is 10.0. The van der Waals surface area contributed by atoms with Gasteiger partial charge in [0.05, 0.1) is 16.1 Å². The second kappa shape index (κ2) is 5.34. The average molecular weight is 346 g/mol. The maximum Gasteiger partial charge on any atom is 0.146 e. The molecule has 0 aliphatic heterocycles. The lowest BCUT2D eigenvalue weighted by Crippen LogP contribution is -2.21. The van der Waals surface area contributed by atoms with Gasteiger partial charge in [0.2, 0.25) is 0 Å². The van der Waals surface area contributed by atoms with Gasteiger partial charge in [0.25, 0.3) is 0 Å². The number of alkyl halides is 1. The zero-order valence-electron chi connectivity index (χ0n) is 7.42. The minimum atomic E-state index is -1.60. The van der Waals surface area contributed by atoms with Crippen molar-refractivity contribution in [3.8, 4) is 0 Å². The molecular formula is C9H8Br2F2O2. The molecular weight excluding hydrogens is 338 g/mol. The largest absolute Gasteiger partial charge is 0.389 e. The SMILES string of the molecule is OC(CBr)C(O)c1c(F)ccc(Br)c1F. The van der Waals surface area contributed by atoms with Crippen molar-refractivity contribution in [2.45, 2.75) is 12.2 Å². The monoisotopic (exact) mass is 344 g/mol. The molecule has 0 saturated heterocycles. The van der Waals surface area contributed by atoms with E-state index in [0.717, 1.165) is 6.07 Å². The summed E-state index contributed by atoms with van der Waals surface area (Å²) in [5.74, 6) is -1.79. The highest BCUT2D eigenvalue weighted by Crippen LogP contribution is 2.28. The Labute approximate surface area is 102 Å². The van der Waals surface area contributed by atoms with E-state index in [9.17, 15) is 19.0 Å². The number of rotatable bonds is 3. The van der Waals surface area contributed by atoms with E-state index >= 15 is 0 Å². The van der Waals surface area contributed by atoms with Crippen LogP contribution in [0.5, 0.6) is 0 Å². The van der Waals surface area contributed by atoms with Crippen molar-refractivity contribution in [1.29, 1.82) is 0 Å². The Morgan fingerprint density at radius 1 is 1.27 bits per heavy atom. The quantitative estimate of drug-likeness (QED) is 0.652. The van der Waals surface area contributed by atoms with E-state index in [2.05, 4.69) is 31.9 Å². The average Bonchev–Trinajstić information content (AvgIpc) is 2.22. The molecule has 15 heavy (non-hydrogen) atoms. The summed E-state index contributed by atoms with van der Waals surface area (Å²) in [6.07, 6.45) is -2.86. The molecule has 1 aromatic carbocycles. The van der Waals surface area contributed by atoms with E-state index in [1.807, 2.05) is 0 Å². The fourth-order valence-corrected chi connectivity index (χ4v) is 1.79. The summed E-state index contributed by atoms with van der Waals surface area (Å²) in [5, 5.41) is 18.8. The molecule has 1 aromatic rings. The van der Waals surface area contributed by atoms with Gasteiger partial charge in [0, 0.05) is 5.33 Å². The van der Waals surface area contributed by atoms with Gasteiger partial charge in [0.1, 0.15) is 17.7 Å². The summed E-state index contributed by atoms with van der Waals surface area (Å²) in [5.41, 5.74) is -0.531. The fourth-order valence-electron chi connectivity index (χ4n) is 1.09. The van der Waals surface area contributed by atoms with Crippen LogP contribution in [0.3, 0.4) is 0 Å². The molecule has 0 bridgehead atoms. The van der Waals surface area contributed by atoms with Crippen molar-refractivity contribution in [3.05, 3.63) is 33.8 Å². The lowest BCUT2D eigenvalue weighted by molar-refractivity contribution is 0.0295. The predicted molar refractivity (Wildman–Crippen MR) is 58.8 cm³/mol. The summed E-state index contributed by atoms with van der Waals surface area (Å²) in [7, 11) is 0. The van der Waals surface area contributed by atoms with Crippen molar-refractivity contribution in [3.63, 3.8) is 0 Å². The Kier molecular flexibility index (Phi) is 4.64. The molecule has 84 valence electrons. The summed E-state index contributed by atoms with van der Waals surface area (Å²) in [6, 6.07) is 2.22. The molecule has 0 radical (unpaired) electrons. The van der Waals surface area contributed by atoms with Gasteiger partial charge in [-0.3, -0.25) is 0 Å². The highest BCUT2D eigenvalue weighted by Gasteiger charge is 2.25. The van der Waals surface area contributed by atoms with E-state index in [0.29, 0.717) is 0 Å². The molecule has 2 nitrogen and oxygen atoms in total. The fraction of sp³-hybridized carbons (Fsp3) is 0.333. The summed E-state index contributed by atoms with van der Waals surface area (Å²) >= 11 is 5.79. The Bertz CT molecular complexity index is 360. The molecule has 0 amide bonds. The van der Waals surface area contributed by atoms with Crippen LogP contribution < -0.4 is 0 Å². The first-order valence-electron chi connectivity index (χ1n) is 4.04. The molecule has 0 aliphatic carbocycles. The van der Waals surface area contributed by atoms with Crippen LogP contribution in [0, 0.1) is 11.6 Å². The minimum Gasteiger partial charge on any atom is -0.389 e. The maximum absolute atomic E-state index is 13.4. The summed E-state index contributed by atoms with van der Waals surface area (Å²) < 4.78 is 26.7. The third-order valence-corrected chi connectivity index (χ3v) is 3.17. The highest BCUT2D eigenvalue weighted by molar-refractivity contribution is 9.10. The Balaban J connectivity index is 3.18. The van der Waals surface area contributed by atoms with Crippen molar-refractivity contribution < 1.29 is 19.0 Å². The van der Waals surface area contributed by atoms with Crippen LogP contribution in [-0.4, -0.2) is 21.6 Å². The van der Waals surface area contributed by atoms with Gasteiger partial charge in [-0.2, -0.15) is 0 Å². The van der Waals surface area contributed by atoms with Crippen LogP contribution in [0.15, 0.2) is 16.6 Å². The van der Waals surface area contributed by atoms with Crippen molar-refractivity contribution in [1.82, 2.24) is 0 Å². The minimum absolute atomic E-state index is 0.0273. The Hall–Kier alpha value is -0.0400. The van der Waals surface area contributed by atoms with Crippen LogP contribution in [0.1, 0.15) is 11.7 Å². The second-order valence-corrected chi connectivity index (χ2v) is 4.43. The zero-order chi connectivity index (χ0) is 11.6. The Morgan fingerprint density at radius 3 is 2.40 bits per heavy atom. The second-order valence-electron chi connectivity index (χ2n) is 2.92. The topological polar surface area (TPSA) is 40.5 Å². The number of benzene rings is 1. The van der Waals surface area contributed by atoms with E-state index in [4.69, 9.17) is 0 Å². The number of halogens is 4. The van der Waals surface area contributed by atoms with Gasteiger partial charge in [-0.25, -0.2) is 8.78 Å². The van der Waals surface area contributed by atoms with Gasteiger partial charge in [-0.15, -0.1) is 0 Å². The van der Waals surface area contributed by atoms with E-state index in [1.54, 1.807) is 0 Å². The zero-order valence-corrected chi connectivity index (χ0v) is 10.6. The summed E-state index contributed by atoms with van der Waals surface area (Å²) in [6.45, 7) is 0. The smallest absolute Gasteiger partial charge is 0.146 e. The van der Waals surface area contributed by atoms with Crippen LogP contribution in [0.4, 0.5) is 8.78 Å². The van der Waals surface area contributed by atoms with Gasteiger partial charge in [-0.1, -0.05) is 15.9 Å². The van der Waals surface area contributed by atoms with Crippen molar-refractivity contribution in [2.24, 2.45) is 0 Å². The maximum atomic E-state index is 13.4. The molecule has 0 fully saturated rings. The Morgan fingerprint density at radius 2 is 1.87 bits per heavy atom. The van der Waals surface area contributed by atoms with E-state index < -0.39 is 29.4 Å². The number of hydrogen-bond donors (Lipinski definition) is 2. The summed E-state index contributed by atoms with van der Waals surface area (Å²) in [4.78, 5) is 0. The van der Waals surface area contributed by atoms with Crippen LogP contribution in [0.2, 0.25) is 0 Å². The normalized spacial score (nSPS) is 15.1. The first-order chi connectivity index (χ1) is 6.99. The third kappa shape index (κ3) is 2.75. The van der Waals surface area contributed by atoms with Crippen LogP contribution in [0.25, 0.3) is 0 Å². The standard InChI is InChI=1S/C9H8Br2F2O2/c10-3-6(14)9(15)7-5(12)2-1-4(11)8(7)13/h1-2,6,9,14-15H,3H2. The van der Waals surface area contributed by atoms with E-state index in [1.165, 1.54) is 6.07 Å². The van der Waals surface area contributed by atoms with E-state index in [-0.39, 0.29) is 9.80 Å². The first-order valence-corrected chi connectivity index (χ1v) is 5.96. The van der Waals surface area contributed by atoms with Gasteiger partial charge < -0.3 is 10.2 Å². The van der Waals surface area contributed by atoms with Crippen molar-refractivity contribution in [2.75, 3.05) is 5.33 Å². The number of hydrogen-bond acceptors (Lipinski definition) is 2. The van der Waals surface area contributed by atoms with Crippen LogP contribution in [-0.2, 0) is 0 Å². The van der Waals surface area contributed by atoms with Crippen molar-refractivity contribution >= 4 is 31.9 Å². The first kappa shape index (κ1) is 13.0. The molecule has 0 heterocycles. The molecule has 0 saturated carbocycles. The molecule has 0 aliphatic rings. The van der Waals surface area contributed by atoms with Crippen LogP contribution >= 0.6 is 31.9 Å².